The molecular formula is C15H22N2O2. The van der Waals surface area contributed by atoms with E-state index in [1.54, 1.807) is 11.8 Å². The van der Waals surface area contributed by atoms with Crippen LogP contribution in [0.2, 0.25) is 0 Å². The van der Waals surface area contributed by atoms with Gasteiger partial charge in [-0.2, -0.15) is 0 Å². The Morgan fingerprint density at radius 2 is 2.16 bits per heavy atom. The van der Waals surface area contributed by atoms with Gasteiger partial charge in [0, 0.05) is 13.1 Å². The van der Waals surface area contributed by atoms with Crippen molar-refractivity contribution in [1.82, 2.24) is 4.90 Å². The zero-order valence-electron chi connectivity index (χ0n) is 11.4. The first-order chi connectivity index (χ1) is 8.98. The smallest absolute Gasteiger partial charge is 0.239 e. The molecule has 1 amide bonds. The van der Waals surface area contributed by atoms with Gasteiger partial charge in [0.1, 0.15) is 0 Å². The van der Waals surface area contributed by atoms with Crippen LogP contribution >= 0.6 is 0 Å². The molecule has 104 valence electrons. The molecule has 1 heterocycles. The zero-order valence-corrected chi connectivity index (χ0v) is 11.4. The largest absolute Gasteiger partial charge is 0.388 e. The molecule has 1 aliphatic rings. The van der Waals surface area contributed by atoms with Gasteiger partial charge in [0.05, 0.1) is 11.6 Å². The summed E-state index contributed by atoms with van der Waals surface area (Å²) in [5.41, 5.74) is 6.28. The molecule has 2 rings (SSSR count). The first-order valence-electron chi connectivity index (χ1n) is 6.79. The van der Waals surface area contributed by atoms with Crippen LogP contribution in [0.4, 0.5) is 0 Å². The molecule has 0 saturated carbocycles. The molecule has 4 heteroatoms. The Hall–Kier alpha value is -1.39. The first-order valence-corrected chi connectivity index (χ1v) is 6.79. The Morgan fingerprint density at radius 3 is 2.79 bits per heavy atom. The van der Waals surface area contributed by atoms with Crippen molar-refractivity contribution in [2.75, 3.05) is 13.1 Å². The summed E-state index contributed by atoms with van der Waals surface area (Å²) >= 11 is 0. The lowest BCUT2D eigenvalue weighted by Gasteiger charge is -2.37. The predicted molar refractivity (Wildman–Crippen MR) is 74.6 cm³/mol. The Labute approximate surface area is 114 Å². The average Bonchev–Trinajstić information content (AvgIpc) is 2.38. The van der Waals surface area contributed by atoms with Crippen molar-refractivity contribution >= 4 is 5.91 Å². The zero-order chi connectivity index (χ0) is 13.9. The molecule has 4 nitrogen and oxygen atoms in total. The minimum Gasteiger partial charge on any atom is -0.388 e. The number of nitrogens with zero attached hydrogens (tertiary/aromatic N) is 1. The second-order valence-electron chi connectivity index (χ2n) is 5.66. The van der Waals surface area contributed by atoms with Crippen molar-refractivity contribution in [2.45, 2.75) is 37.8 Å². The Morgan fingerprint density at radius 1 is 1.47 bits per heavy atom. The number of likely N-dealkylation sites (tertiary alicyclic amines) is 1. The highest BCUT2D eigenvalue weighted by Crippen LogP contribution is 2.20. The quantitative estimate of drug-likeness (QED) is 0.851. The number of benzene rings is 1. The van der Waals surface area contributed by atoms with Crippen molar-refractivity contribution in [2.24, 2.45) is 5.73 Å². The lowest BCUT2D eigenvalue weighted by Crippen LogP contribution is -2.53. The Balaban J connectivity index is 1.95. The molecule has 1 fully saturated rings. The fraction of sp³-hybridized carbons (Fsp3) is 0.533. The fourth-order valence-corrected chi connectivity index (χ4v) is 2.60. The van der Waals surface area contributed by atoms with E-state index in [0.29, 0.717) is 19.5 Å². The molecular weight excluding hydrogens is 240 g/mol. The molecule has 0 radical (unpaired) electrons. The van der Waals surface area contributed by atoms with Crippen molar-refractivity contribution in [3.8, 4) is 0 Å². The molecule has 19 heavy (non-hydrogen) atoms. The summed E-state index contributed by atoms with van der Waals surface area (Å²) in [6, 6.07) is 9.24. The van der Waals surface area contributed by atoms with Crippen LogP contribution in [0.1, 0.15) is 25.3 Å². The van der Waals surface area contributed by atoms with E-state index in [9.17, 15) is 9.90 Å². The fourth-order valence-electron chi connectivity index (χ4n) is 2.60. The van der Waals surface area contributed by atoms with Gasteiger partial charge in [0.25, 0.3) is 0 Å². The molecule has 0 bridgehead atoms. The minimum absolute atomic E-state index is 0.0659. The third-order valence-corrected chi connectivity index (χ3v) is 3.60. The van der Waals surface area contributed by atoms with Crippen LogP contribution in [-0.2, 0) is 11.2 Å². The standard InChI is InChI=1S/C15H22N2O2/c1-15(19)8-5-9-17(11-15)14(18)13(16)10-12-6-3-2-4-7-12/h2-4,6-7,13,19H,5,8-11,16H2,1H3/t13-,15?/m1/s1. The number of amides is 1. The number of rotatable bonds is 3. The van der Waals surface area contributed by atoms with E-state index in [-0.39, 0.29) is 5.91 Å². The topological polar surface area (TPSA) is 66.6 Å². The number of aliphatic hydroxyl groups is 1. The predicted octanol–water partition coefficient (Wildman–Crippen LogP) is 0.930. The molecule has 3 N–H and O–H groups in total. The van der Waals surface area contributed by atoms with E-state index in [0.717, 1.165) is 18.4 Å². The van der Waals surface area contributed by atoms with Crippen LogP contribution in [0.3, 0.4) is 0 Å². The lowest BCUT2D eigenvalue weighted by molar-refractivity contribution is -0.138. The summed E-state index contributed by atoms with van der Waals surface area (Å²) in [5, 5.41) is 10.0. The van der Waals surface area contributed by atoms with Crippen molar-refractivity contribution in [3.63, 3.8) is 0 Å². The second-order valence-corrected chi connectivity index (χ2v) is 5.66. The van der Waals surface area contributed by atoms with Gasteiger partial charge < -0.3 is 15.7 Å². The van der Waals surface area contributed by atoms with Crippen LogP contribution in [0.5, 0.6) is 0 Å². The van der Waals surface area contributed by atoms with Gasteiger partial charge in [0.15, 0.2) is 0 Å². The first kappa shape index (κ1) is 14.0. The summed E-state index contributed by atoms with van der Waals surface area (Å²) in [4.78, 5) is 14.0. The van der Waals surface area contributed by atoms with Gasteiger partial charge in [-0.25, -0.2) is 0 Å². The molecule has 1 aromatic carbocycles. The third-order valence-electron chi connectivity index (χ3n) is 3.60. The highest BCUT2D eigenvalue weighted by atomic mass is 16.3. The maximum absolute atomic E-state index is 12.3. The number of hydrogen-bond acceptors (Lipinski definition) is 3. The average molecular weight is 262 g/mol. The number of hydrogen-bond donors (Lipinski definition) is 2. The van der Waals surface area contributed by atoms with E-state index in [1.807, 2.05) is 30.3 Å². The summed E-state index contributed by atoms with van der Waals surface area (Å²) in [5.74, 6) is -0.0659. The van der Waals surface area contributed by atoms with Crippen LogP contribution < -0.4 is 5.73 Å². The lowest BCUT2D eigenvalue weighted by atomic mass is 9.94. The minimum atomic E-state index is -0.777. The second kappa shape index (κ2) is 5.72. The van der Waals surface area contributed by atoms with E-state index in [2.05, 4.69) is 0 Å². The van der Waals surface area contributed by atoms with Gasteiger partial charge in [-0.1, -0.05) is 30.3 Å². The normalized spacial score (nSPS) is 25.1. The Bertz CT molecular complexity index is 431. The van der Waals surface area contributed by atoms with Gasteiger partial charge in [-0.15, -0.1) is 0 Å². The highest BCUT2D eigenvalue weighted by molar-refractivity contribution is 5.82. The molecule has 1 unspecified atom stereocenters. The summed E-state index contributed by atoms with van der Waals surface area (Å²) in [6.45, 7) is 2.85. The maximum Gasteiger partial charge on any atom is 0.239 e. The van der Waals surface area contributed by atoms with Crippen LogP contribution in [0.15, 0.2) is 30.3 Å². The number of carbonyl (C=O) groups excluding carboxylic acids is 1. The monoisotopic (exact) mass is 262 g/mol. The maximum atomic E-state index is 12.3. The van der Waals surface area contributed by atoms with Gasteiger partial charge >= 0.3 is 0 Å². The van der Waals surface area contributed by atoms with E-state index in [1.165, 1.54) is 0 Å². The summed E-state index contributed by atoms with van der Waals surface area (Å²) < 4.78 is 0. The SMILES string of the molecule is CC1(O)CCCN(C(=O)[C@H](N)Cc2ccccc2)C1. The van der Waals surface area contributed by atoms with Gasteiger partial charge in [-0.3, -0.25) is 4.79 Å². The van der Waals surface area contributed by atoms with E-state index >= 15 is 0 Å². The van der Waals surface area contributed by atoms with E-state index < -0.39 is 11.6 Å². The number of β-amino-alcohol motifs (C(OH)–C–C–N with tert-alkyl or cyclic N) is 1. The van der Waals surface area contributed by atoms with Crippen LogP contribution in [-0.4, -0.2) is 40.6 Å². The van der Waals surface area contributed by atoms with Crippen molar-refractivity contribution < 1.29 is 9.90 Å². The van der Waals surface area contributed by atoms with Crippen molar-refractivity contribution in [1.29, 1.82) is 0 Å². The molecule has 1 aromatic rings. The molecule has 1 aliphatic heterocycles. The van der Waals surface area contributed by atoms with Crippen LogP contribution in [0, 0.1) is 0 Å². The Kier molecular flexibility index (Phi) is 4.22. The van der Waals surface area contributed by atoms with Crippen LogP contribution in [0.25, 0.3) is 0 Å². The summed E-state index contributed by atoms with van der Waals surface area (Å²) in [6.07, 6.45) is 2.11. The number of piperidine rings is 1. The third kappa shape index (κ3) is 3.78. The van der Waals surface area contributed by atoms with Gasteiger partial charge in [0.2, 0.25) is 5.91 Å². The number of nitrogens with two attached hydrogens (primary N) is 1. The molecule has 1 saturated heterocycles. The van der Waals surface area contributed by atoms with E-state index in [4.69, 9.17) is 5.73 Å². The number of carbonyl (C=O) groups is 1. The molecule has 2 atom stereocenters. The van der Waals surface area contributed by atoms with Gasteiger partial charge in [-0.05, 0) is 31.7 Å². The molecule has 0 aliphatic carbocycles. The highest BCUT2D eigenvalue weighted by Gasteiger charge is 2.32. The van der Waals surface area contributed by atoms with Crippen molar-refractivity contribution in [3.05, 3.63) is 35.9 Å². The molecule has 0 aromatic heterocycles. The molecule has 0 spiro atoms. The summed E-state index contributed by atoms with van der Waals surface area (Å²) in [7, 11) is 0.